The Bertz CT molecular complexity index is 940. The maximum absolute atomic E-state index is 12.4. The number of benzene rings is 1. The van der Waals surface area contributed by atoms with Crippen molar-refractivity contribution in [1.82, 2.24) is 10.2 Å². The van der Waals surface area contributed by atoms with Crippen LogP contribution in [0.5, 0.6) is 5.75 Å². The first-order valence-corrected chi connectivity index (χ1v) is 9.17. The van der Waals surface area contributed by atoms with E-state index in [9.17, 15) is 14.4 Å². The zero-order valence-corrected chi connectivity index (χ0v) is 17.3. The van der Waals surface area contributed by atoms with E-state index in [0.29, 0.717) is 16.9 Å². The zero-order chi connectivity index (χ0) is 21.1. The molecule has 1 aromatic heterocycles. The van der Waals surface area contributed by atoms with E-state index in [1.807, 2.05) is 33.8 Å². The number of ether oxygens (including phenoxy) is 1. The maximum atomic E-state index is 12.4. The Kier molecular flexibility index (Phi) is 6.48. The number of likely N-dealkylation sites (N-methyl/N-ethyl adjacent to an activating group) is 1. The summed E-state index contributed by atoms with van der Waals surface area (Å²) in [6.45, 7) is 7.45. The number of hydrogen-bond donors (Lipinski definition) is 1. The molecule has 0 aliphatic heterocycles. The molecule has 0 saturated carbocycles. The predicted octanol–water partition coefficient (Wildman–Crippen LogP) is 2.42. The standard InChI is InChI=1S/C21H28N2O5/c1-13-15-8-7-14(27-6)11-17(15)28-20(26)16(13)9-10-19(25)23(5)12-18(24)22-21(2,3)4/h7-8,11H,9-10,12H2,1-6H3,(H,22,24). The van der Waals surface area contributed by atoms with Crippen LogP contribution in [0, 0.1) is 6.92 Å². The van der Waals surface area contributed by atoms with Gasteiger partial charge < -0.3 is 19.4 Å². The minimum atomic E-state index is -0.459. The molecule has 7 nitrogen and oxygen atoms in total. The van der Waals surface area contributed by atoms with Crippen LogP contribution >= 0.6 is 0 Å². The number of hydrogen-bond acceptors (Lipinski definition) is 5. The van der Waals surface area contributed by atoms with Gasteiger partial charge in [-0.15, -0.1) is 0 Å². The van der Waals surface area contributed by atoms with E-state index in [4.69, 9.17) is 9.15 Å². The molecule has 0 radical (unpaired) electrons. The van der Waals surface area contributed by atoms with E-state index in [2.05, 4.69) is 5.32 Å². The minimum absolute atomic E-state index is 0.0266. The summed E-state index contributed by atoms with van der Waals surface area (Å²) in [5, 5.41) is 3.62. The fourth-order valence-corrected chi connectivity index (χ4v) is 2.97. The molecule has 1 aromatic carbocycles. The molecular weight excluding hydrogens is 360 g/mol. The van der Waals surface area contributed by atoms with Crippen LogP contribution in [0.15, 0.2) is 27.4 Å². The lowest BCUT2D eigenvalue weighted by molar-refractivity contribution is -0.135. The van der Waals surface area contributed by atoms with Crippen molar-refractivity contribution in [3.05, 3.63) is 39.7 Å². The van der Waals surface area contributed by atoms with E-state index in [1.54, 1.807) is 26.3 Å². The van der Waals surface area contributed by atoms with Crippen molar-refractivity contribution >= 4 is 22.8 Å². The Labute approximate surface area is 164 Å². The quantitative estimate of drug-likeness (QED) is 0.768. The molecule has 1 heterocycles. The third-order valence-corrected chi connectivity index (χ3v) is 4.40. The number of nitrogens with one attached hydrogen (secondary N) is 1. The van der Waals surface area contributed by atoms with Crippen molar-refractivity contribution in [2.75, 3.05) is 20.7 Å². The van der Waals surface area contributed by atoms with Crippen molar-refractivity contribution in [3.8, 4) is 5.75 Å². The van der Waals surface area contributed by atoms with E-state index >= 15 is 0 Å². The van der Waals surface area contributed by atoms with E-state index in [1.165, 1.54) is 4.90 Å². The number of nitrogens with zero attached hydrogens (tertiary/aromatic N) is 1. The Morgan fingerprint density at radius 2 is 1.93 bits per heavy atom. The fourth-order valence-electron chi connectivity index (χ4n) is 2.97. The molecule has 1 N–H and O–H groups in total. The first-order chi connectivity index (χ1) is 13.0. The summed E-state index contributed by atoms with van der Waals surface area (Å²) >= 11 is 0. The fraction of sp³-hybridized carbons (Fsp3) is 0.476. The van der Waals surface area contributed by atoms with Crippen LogP contribution in [0.1, 0.15) is 38.3 Å². The summed E-state index contributed by atoms with van der Waals surface area (Å²) in [5.74, 6) is 0.171. The van der Waals surface area contributed by atoms with Gasteiger partial charge in [0.05, 0.1) is 13.7 Å². The Morgan fingerprint density at radius 3 is 2.54 bits per heavy atom. The zero-order valence-electron chi connectivity index (χ0n) is 17.3. The Balaban J connectivity index is 2.09. The average Bonchev–Trinajstić information content (AvgIpc) is 2.58. The highest BCUT2D eigenvalue weighted by atomic mass is 16.5. The number of carbonyl (C=O) groups excluding carboxylic acids is 2. The topological polar surface area (TPSA) is 88.9 Å². The third kappa shape index (κ3) is 5.34. The second-order valence-corrected chi connectivity index (χ2v) is 7.90. The van der Waals surface area contributed by atoms with Crippen LogP contribution in [-0.4, -0.2) is 43.0 Å². The Morgan fingerprint density at radius 1 is 1.25 bits per heavy atom. The van der Waals surface area contributed by atoms with Gasteiger partial charge in [0.2, 0.25) is 11.8 Å². The van der Waals surface area contributed by atoms with Gasteiger partial charge in [-0.05, 0) is 51.8 Å². The van der Waals surface area contributed by atoms with Crippen molar-refractivity contribution in [3.63, 3.8) is 0 Å². The molecule has 0 saturated heterocycles. The number of fused-ring (bicyclic) bond motifs is 1. The summed E-state index contributed by atoms with van der Waals surface area (Å²) in [6.07, 6.45) is 0.368. The molecule has 28 heavy (non-hydrogen) atoms. The molecule has 152 valence electrons. The molecular formula is C21H28N2O5. The molecule has 0 aliphatic rings. The molecule has 0 unspecified atom stereocenters. The molecule has 0 bridgehead atoms. The van der Waals surface area contributed by atoms with Crippen LogP contribution in [0.4, 0.5) is 0 Å². The van der Waals surface area contributed by atoms with Crippen LogP contribution < -0.4 is 15.7 Å². The lowest BCUT2D eigenvalue weighted by atomic mass is 10.0. The highest BCUT2D eigenvalue weighted by Gasteiger charge is 2.19. The molecule has 0 fully saturated rings. The lowest BCUT2D eigenvalue weighted by Crippen LogP contribution is -2.46. The molecule has 2 amide bonds. The van der Waals surface area contributed by atoms with Gasteiger partial charge in [-0.1, -0.05) is 0 Å². The maximum Gasteiger partial charge on any atom is 0.339 e. The van der Waals surface area contributed by atoms with Crippen LogP contribution in [0.25, 0.3) is 11.0 Å². The summed E-state index contributed by atoms with van der Waals surface area (Å²) < 4.78 is 10.6. The van der Waals surface area contributed by atoms with Gasteiger partial charge in [-0.25, -0.2) is 4.79 Å². The van der Waals surface area contributed by atoms with Gasteiger partial charge in [0.15, 0.2) is 0 Å². The van der Waals surface area contributed by atoms with Crippen LogP contribution in [-0.2, 0) is 16.0 Å². The van der Waals surface area contributed by atoms with Crippen molar-refractivity contribution < 1.29 is 18.7 Å². The van der Waals surface area contributed by atoms with Gasteiger partial charge in [0.1, 0.15) is 11.3 Å². The SMILES string of the molecule is COc1ccc2c(C)c(CCC(=O)N(C)CC(=O)NC(C)(C)C)c(=O)oc2c1. The van der Waals surface area contributed by atoms with E-state index in [-0.39, 0.29) is 36.7 Å². The minimum Gasteiger partial charge on any atom is -0.497 e. The summed E-state index contributed by atoms with van der Waals surface area (Å²) in [5.41, 5.74) is 0.894. The van der Waals surface area contributed by atoms with Gasteiger partial charge in [-0.2, -0.15) is 0 Å². The van der Waals surface area contributed by atoms with Gasteiger partial charge >= 0.3 is 5.63 Å². The number of aryl methyl sites for hydroxylation is 1. The van der Waals surface area contributed by atoms with Crippen molar-refractivity contribution in [2.45, 2.75) is 46.1 Å². The second kappa shape index (κ2) is 8.46. The molecule has 7 heteroatoms. The van der Waals surface area contributed by atoms with Crippen molar-refractivity contribution in [1.29, 1.82) is 0 Å². The smallest absolute Gasteiger partial charge is 0.339 e. The third-order valence-electron chi connectivity index (χ3n) is 4.40. The molecule has 0 aliphatic carbocycles. The van der Waals surface area contributed by atoms with Crippen molar-refractivity contribution in [2.24, 2.45) is 0 Å². The van der Waals surface area contributed by atoms with Crippen LogP contribution in [0.3, 0.4) is 0 Å². The number of carbonyl (C=O) groups is 2. The molecule has 0 atom stereocenters. The highest BCUT2D eigenvalue weighted by molar-refractivity contribution is 5.85. The van der Waals surface area contributed by atoms with Gasteiger partial charge in [0.25, 0.3) is 0 Å². The largest absolute Gasteiger partial charge is 0.497 e. The highest BCUT2D eigenvalue weighted by Crippen LogP contribution is 2.24. The molecule has 2 rings (SSSR count). The summed E-state index contributed by atoms with van der Waals surface area (Å²) in [7, 11) is 3.12. The summed E-state index contributed by atoms with van der Waals surface area (Å²) in [4.78, 5) is 38.1. The van der Waals surface area contributed by atoms with Gasteiger partial charge in [0, 0.05) is 36.0 Å². The van der Waals surface area contributed by atoms with E-state index in [0.717, 1.165) is 10.9 Å². The van der Waals surface area contributed by atoms with E-state index < -0.39 is 5.63 Å². The normalized spacial score (nSPS) is 11.4. The van der Waals surface area contributed by atoms with Crippen LogP contribution in [0.2, 0.25) is 0 Å². The lowest BCUT2D eigenvalue weighted by Gasteiger charge is -2.23. The Hall–Kier alpha value is -2.83. The monoisotopic (exact) mass is 388 g/mol. The molecule has 0 spiro atoms. The number of amides is 2. The number of rotatable bonds is 6. The van der Waals surface area contributed by atoms with Gasteiger partial charge in [-0.3, -0.25) is 9.59 Å². The average molecular weight is 388 g/mol. The first kappa shape index (κ1) is 21.5. The molecule has 2 aromatic rings. The number of methoxy groups -OCH3 is 1. The second-order valence-electron chi connectivity index (χ2n) is 7.90. The first-order valence-electron chi connectivity index (χ1n) is 9.17. The predicted molar refractivity (Wildman–Crippen MR) is 108 cm³/mol. The summed E-state index contributed by atoms with van der Waals surface area (Å²) in [6, 6.07) is 5.30.